The summed E-state index contributed by atoms with van der Waals surface area (Å²) in [5, 5.41) is 18.0. The minimum absolute atomic E-state index is 0.0612. The monoisotopic (exact) mass is 356 g/mol. The first-order chi connectivity index (χ1) is 12.7. The number of H-pyrrole nitrogens is 1. The van der Waals surface area contributed by atoms with E-state index in [0.29, 0.717) is 11.9 Å². The number of anilines is 1. The summed E-state index contributed by atoms with van der Waals surface area (Å²) in [6.07, 6.45) is 8.38. The lowest BCUT2D eigenvalue weighted by atomic mass is 9.81. The molecular weight excluding hydrogens is 328 g/mol. The van der Waals surface area contributed by atoms with Crippen LogP contribution in [0, 0.1) is 17.2 Å². The van der Waals surface area contributed by atoms with E-state index in [9.17, 15) is 4.79 Å². The van der Waals surface area contributed by atoms with E-state index in [1.54, 1.807) is 6.20 Å². The van der Waals surface area contributed by atoms with Crippen molar-refractivity contribution >= 4 is 28.6 Å². The number of hydrogen-bond donors (Lipinski definition) is 5. The Labute approximate surface area is 153 Å². The molecule has 1 aliphatic rings. The Balaban J connectivity index is 1.45. The first-order valence-corrected chi connectivity index (χ1v) is 9.46. The van der Waals surface area contributed by atoms with Gasteiger partial charge in [-0.2, -0.15) is 0 Å². The van der Waals surface area contributed by atoms with Crippen molar-refractivity contribution in [3.05, 3.63) is 24.5 Å². The van der Waals surface area contributed by atoms with Crippen LogP contribution in [0.15, 0.2) is 24.5 Å². The van der Waals surface area contributed by atoms with Crippen LogP contribution in [0.25, 0.3) is 11.0 Å². The number of pyridine rings is 1. The van der Waals surface area contributed by atoms with Crippen molar-refractivity contribution in [2.45, 2.75) is 39.0 Å². The molecule has 1 fully saturated rings. The molecule has 7 nitrogen and oxygen atoms in total. The van der Waals surface area contributed by atoms with Crippen molar-refractivity contribution < 1.29 is 4.79 Å². The molecule has 2 aromatic heterocycles. The second kappa shape index (κ2) is 8.69. The van der Waals surface area contributed by atoms with Gasteiger partial charge in [-0.1, -0.05) is 6.92 Å². The molecule has 1 saturated carbocycles. The van der Waals surface area contributed by atoms with Gasteiger partial charge in [0.05, 0.1) is 5.69 Å². The van der Waals surface area contributed by atoms with Gasteiger partial charge in [-0.3, -0.25) is 10.2 Å². The molecule has 7 heteroatoms. The van der Waals surface area contributed by atoms with Crippen LogP contribution in [0.2, 0.25) is 0 Å². The fourth-order valence-corrected chi connectivity index (χ4v) is 3.49. The van der Waals surface area contributed by atoms with E-state index in [0.717, 1.165) is 61.9 Å². The molecule has 0 radical (unpaired) electrons. The number of amides is 1. The van der Waals surface area contributed by atoms with Gasteiger partial charge in [0.2, 0.25) is 5.91 Å². The molecule has 0 spiro atoms. The fraction of sp³-hybridized carbons (Fsp3) is 0.526. The molecule has 0 atom stereocenters. The van der Waals surface area contributed by atoms with Crippen LogP contribution in [0.5, 0.6) is 0 Å². The van der Waals surface area contributed by atoms with Gasteiger partial charge in [-0.05, 0) is 50.2 Å². The maximum atomic E-state index is 12.6. The Kier molecular flexibility index (Phi) is 6.09. The third-order valence-electron chi connectivity index (χ3n) is 5.05. The highest BCUT2D eigenvalue weighted by atomic mass is 16.1. The Hall–Kier alpha value is -2.57. The topological polar surface area (TPSA) is 106 Å². The van der Waals surface area contributed by atoms with E-state index in [1.807, 2.05) is 18.3 Å². The molecule has 1 amide bonds. The molecule has 1 aliphatic carbocycles. The van der Waals surface area contributed by atoms with Crippen molar-refractivity contribution in [3.63, 3.8) is 0 Å². The number of guanidine groups is 1. The molecule has 26 heavy (non-hydrogen) atoms. The summed E-state index contributed by atoms with van der Waals surface area (Å²) in [7, 11) is 0. The van der Waals surface area contributed by atoms with Crippen molar-refractivity contribution in [1.82, 2.24) is 20.6 Å². The fourth-order valence-electron chi connectivity index (χ4n) is 3.49. The number of fused-ring (bicyclic) bond motifs is 1. The number of aromatic nitrogens is 2. The predicted molar refractivity (Wildman–Crippen MR) is 104 cm³/mol. The summed E-state index contributed by atoms with van der Waals surface area (Å²) in [5.74, 6) is 1.09. The van der Waals surface area contributed by atoms with Crippen LogP contribution < -0.4 is 16.0 Å². The van der Waals surface area contributed by atoms with Crippen molar-refractivity contribution in [2.24, 2.45) is 11.8 Å². The molecule has 2 heterocycles. The quantitative estimate of drug-likeness (QED) is 0.405. The largest absolute Gasteiger partial charge is 0.357 e. The highest BCUT2D eigenvalue weighted by Crippen LogP contribution is 2.30. The highest BCUT2D eigenvalue weighted by molar-refractivity contribution is 6.00. The van der Waals surface area contributed by atoms with Gasteiger partial charge in [-0.15, -0.1) is 0 Å². The molecular formula is C19H28N6O. The van der Waals surface area contributed by atoms with E-state index in [-0.39, 0.29) is 11.8 Å². The van der Waals surface area contributed by atoms with Crippen LogP contribution >= 0.6 is 0 Å². The second-order valence-corrected chi connectivity index (χ2v) is 6.99. The smallest absolute Gasteiger partial charge is 0.227 e. The van der Waals surface area contributed by atoms with Gasteiger partial charge in [0, 0.05) is 36.8 Å². The van der Waals surface area contributed by atoms with Gasteiger partial charge in [-0.25, -0.2) is 4.98 Å². The van der Waals surface area contributed by atoms with Crippen molar-refractivity contribution in [2.75, 3.05) is 18.4 Å². The Morgan fingerprint density at radius 2 is 2.08 bits per heavy atom. The number of rotatable bonds is 6. The molecule has 2 aromatic rings. The van der Waals surface area contributed by atoms with Gasteiger partial charge in [0.1, 0.15) is 5.65 Å². The zero-order valence-corrected chi connectivity index (χ0v) is 15.3. The lowest BCUT2D eigenvalue weighted by molar-refractivity contribution is -0.121. The molecule has 0 aliphatic heterocycles. The van der Waals surface area contributed by atoms with Gasteiger partial charge < -0.3 is 20.9 Å². The molecule has 0 unspecified atom stereocenters. The van der Waals surface area contributed by atoms with E-state index >= 15 is 0 Å². The van der Waals surface area contributed by atoms with Gasteiger partial charge in [0.25, 0.3) is 0 Å². The normalized spacial score (nSPS) is 19.9. The minimum Gasteiger partial charge on any atom is -0.357 e. The maximum absolute atomic E-state index is 12.6. The van der Waals surface area contributed by atoms with Crippen molar-refractivity contribution in [1.29, 1.82) is 5.41 Å². The van der Waals surface area contributed by atoms with Crippen LogP contribution in [0.4, 0.5) is 5.69 Å². The van der Waals surface area contributed by atoms with E-state index in [4.69, 9.17) is 5.41 Å². The van der Waals surface area contributed by atoms with Crippen LogP contribution in [0.1, 0.15) is 39.0 Å². The summed E-state index contributed by atoms with van der Waals surface area (Å²) >= 11 is 0. The second-order valence-electron chi connectivity index (χ2n) is 6.99. The zero-order chi connectivity index (χ0) is 18.4. The number of aromatic amines is 1. The summed E-state index contributed by atoms with van der Waals surface area (Å²) in [6, 6.07) is 3.78. The summed E-state index contributed by atoms with van der Waals surface area (Å²) < 4.78 is 0. The molecule has 0 bridgehead atoms. The third-order valence-corrected chi connectivity index (χ3v) is 5.05. The van der Waals surface area contributed by atoms with Crippen LogP contribution in [-0.2, 0) is 4.79 Å². The predicted octanol–water partition coefficient (Wildman–Crippen LogP) is 2.83. The molecule has 0 aromatic carbocycles. The van der Waals surface area contributed by atoms with E-state index < -0.39 is 0 Å². The third kappa shape index (κ3) is 4.53. The molecule has 3 rings (SSSR count). The summed E-state index contributed by atoms with van der Waals surface area (Å²) in [6.45, 7) is 3.71. The number of carbonyl (C=O) groups is 1. The first kappa shape index (κ1) is 18.2. The molecule has 0 saturated heterocycles. The average molecular weight is 356 g/mol. The van der Waals surface area contributed by atoms with Crippen LogP contribution in [0.3, 0.4) is 0 Å². The van der Waals surface area contributed by atoms with Crippen molar-refractivity contribution in [3.8, 4) is 0 Å². The van der Waals surface area contributed by atoms with E-state index in [2.05, 4.69) is 32.8 Å². The molecule has 5 N–H and O–H groups in total. The lowest BCUT2D eigenvalue weighted by Gasteiger charge is -2.28. The summed E-state index contributed by atoms with van der Waals surface area (Å²) in [4.78, 5) is 19.9. The highest BCUT2D eigenvalue weighted by Gasteiger charge is 2.26. The molecule has 140 valence electrons. The standard InChI is InChI=1S/C19H28N6O/c1-2-9-23-19(20)24-12-13-3-5-14(6-4-13)18(26)25-16-8-11-22-17-15(16)7-10-21-17/h7-8,10-11,13-14H,2-6,9,12H2,1H3,(H3,20,23,24)(H2,21,22,25,26)/t13-,14-. The summed E-state index contributed by atoms with van der Waals surface area (Å²) in [5.41, 5.74) is 1.61. The maximum Gasteiger partial charge on any atom is 0.227 e. The zero-order valence-electron chi connectivity index (χ0n) is 15.3. The van der Waals surface area contributed by atoms with E-state index in [1.165, 1.54) is 0 Å². The van der Waals surface area contributed by atoms with Gasteiger partial charge in [0.15, 0.2) is 5.96 Å². The minimum atomic E-state index is 0.0612. The number of nitrogens with one attached hydrogen (secondary N) is 5. The SMILES string of the molecule is CCCNC(=N)NC[C@H]1CC[C@H](C(=O)Nc2ccnc3[nH]ccc23)CC1. The number of nitrogens with zero attached hydrogens (tertiary/aromatic N) is 1. The van der Waals surface area contributed by atoms with Crippen LogP contribution in [-0.4, -0.2) is 34.9 Å². The first-order valence-electron chi connectivity index (χ1n) is 9.46. The number of hydrogen-bond acceptors (Lipinski definition) is 3. The lowest BCUT2D eigenvalue weighted by Crippen LogP contribution is -2.40. The Morgan fingerprint density at radius 3 is 2.85 bits per heavy atom. The van der Waals surface area contributed by atoms with Gasteiger partial charge >= 0.3 is 0 Å². The number of carbonyl (C=O) groups excluding carboxylic acids is 1. The Morgan fingerprint density at radius 1 is 1.27 bits per heavy atom. The Bertz CT molecular complexity index is 747. The average Bonchev–Trinajstić information content (AvgIpc) is 3.15.